The van der Waals surface area contributed by atoms with Crippen LogP contribution in [0.1, 0.15) is 0 Å². The molecule has 0 aliphatic heterocycles. The summed E-state index contributed by atoms with van der Waals surface area (Å²) in [6.07, 6.45) is 0. The molecule has 0 heterocycles. The third kappa shape index (κ3) is 4.70. The molecular formula is C7H8O5Si. The molecule has 0 aliphatic rings. The Morgan fingerprint density at radius 1 is 1.38 bits per heavy atom. The molecule has 0 aromatic heterocycles. The summed E-state index contributed by atoms with van der Waals surface area (Å²) in [4.78, 5) is 16.3. The van der Waals surface area contributed by atoms with Crippen LogP contribution in [0, 0.1) is 0 Å². The highest BCUT2D eigenvalue weighted by Gasteiger charge is 2.05. The van der Waals surface area contributed by atoms with Crippen molar-refractivity contribution in [1.29, 1.82) is 0 Å². The Bertz CT molecular complexity index is 288. The summed E-state index contributed by atoms with van der Waals surface area (Å²) in [6.45, 7) is 2.00. The molecule has 6 heteroatoms. The van der Waals surface area contributed by atoms with Crippen molar-refractivity contribution in [2.24, 2.45) is 0 Å². The number of phenols is 1. The van der Waals surface area contributed by atoms with Crippen molar-refractivity contribution < 1.29 is 23.6 Å². The summed E-state index contributed by atoms with van der Waals surface area (Å²) >= 11 is 0. The van der Waals surface area contributed by atoms with Gasteiger partial charge in [0.25, 0.3) is 0 Å². The molecule has 0 bridgehead atoms. The number of benzene rings is 1. The first kappa shape index (κ1) is 11.3. The average Bonchev–Trinajstić information content (AvgIpc) is 2.06. The highest BCUT2D eigenvalue weighted by Crippen LogP contribution is 2.16. The molecule has 0 fully saturated rings. The Labute approximate surface area is 76.1 Å². The summed E-state index contributed by atoms with van der Waals surface area (Å²) in [5, 5.41) is 8.87. The van der Waals surface area contributed by atoms with E-state index < -0.39 is 9.17 Å². The summed E-state index contributed by atoms with van der Waals surface area (Å²) in [5.41, 5.74) is 0. The predicted octanol–water partition coefficient (Wildman–Crippen LogP) is -0.00620. The minimum absolute atomic E-state index is 0.00532. The van der Waals surface area contributed by atoms with Crippen LogP contribution in [0.4, 0.5) is 0 Å². The van der Waals surface area contributed by atoms with Gasteiger partial charge in [0.15, 0.2) is 0 Å². The van der Waals surface area contributed by atoms with Crippen LogP contribution in [0.3, 0.4) is 0 Å². The van der Waals surface area contributed by atoms with Gasteiger partial charge in [-0.1, -0.05) is 6.07 Å². The van der Waals surface area contributed by atoms with Crippen LogP contribution >= 0.6 is 0 Å². The van der Waals surface area contributed by atoms with E-state index in [-0.39, 0.29) is 11.5 Å². The average molecular weight is 200 g/mol. The topological polar surface area (TPSA) is 83.8 Å². The number of hydrogen-bond acceptors (Lipinski definition) is 4. The van der Waals surface area contributed by atoms with Crippen LogP contribution in [-0.4, -0.2) is 25.9 Å². The van der Waals surface area contributed by atoms with Gasteiger partial charge in [-0.25, -0.2) is 0 Å². The number of rotatable bonds is 2. The van der Waals surface area contributed by atoms with E-state index in [1.165, 1.54) is 24.3 Å². The first-order chi connectivity index (χ1) is 6.18. The van der Waals surface area contributed by atoms with Gasteiger partial charge in [0, 0.05) is 6.07 Å². The van der Waals surface area contributed by atoms with E-state index in [4.69, 9.17) is 14.7 Å². The van der Waals surface area contributed by atoms with E-state index >= 15 is 0 Å². The molecule has 0 saturated carbocycles. The molecule has 0 atom stereocenters. The summed E-state index contributed by atoms with van der Waals surface area (Å²) < 4.78 is 14.6. The number of carbonyl (C=O) groups is 1. The van der Waals surface area contributed by atoms with Gasteiger partial charge >= 0.3 is 9.17 Å². The summed E-state index contributed by atoms with van der Waals surface area (Å²) in [7, 11) is -2.96. The zero-order valence-electron chi connectivity index (χ0n) is 6.64. The van der Waals surface area contributed by atoms with E-state index in [1.807, 2.05) is 6.79 Å². The molecule has 70 valence electrons. The molecule has 0 radical (unpaired) electrons. The van der Waals surface area contributed by atoms with Crippen molar-refractivity contribution in [1.82, 2.24) is 0 Å². The van der Waals surface area contributed by atoms with Crippen LogP contribution in [-0.2, 0) is 9.26 Å². The first-order valence-corrected chi connectivity index (χ1v) is 4.43. The van der Waals surface area contributed by atoms with Crippen molar-refractivity contribution in [3.8, 4) is 11.5 Å². The molecule has 5 nitrogen and oxygen atoms in total. The van der Waals surface area contributed by atoms with Crippen LogP contribution in [0.25, 0.3) is 0 Å². The van der Waals surface area contributed by atoms with Crippen molar-refractivity contribution in [2.75, 3.05) is 0 Å². The normalized spacial score (nSPS) is 8.00. The molecule has 13 heavy (non-hydrogen) atoms. The highest BCUT2D eigenvalue weighted by atomic mass is 28.3. The van der Waals surface area contributed by atoms with Gasteiger partial charge in [0.2, 0.25) is 0 Å². The van der Waals surface area contributed by atoms with Gasteiger partial charge in [0.05, 0.1) is 0 Å². The monoisotopic (exact) mass is 200 g/mol. The van der Waals surface area contributed by atoms with Crippen LogP contribution in [0.15, 0.2) is 24.3 Å². The van der Waals surface area contributed by atoms with Crippen molar-refractivity contribution >= 4 is 16.0 Å². The second-order valence-electron chi connectivity index (χ2n) is 1.87. The van der Waals surface area contributed by atoms with E-state index in [9.17, 15) is 4.46 Å². The van der Waals surface area contributed by atoms with Gasteiger partial charge in [-0.05, 0) is 12.1 Å². The number of hydrogen-bond donors (Lipinski definition) is 2. The van der Waals surface area contributed by atoms with E-state index in [1.54, 1.807) is 0 Å². The van der Waals surface area contributed by atoms with E-state index in [2.05, 4.69) is 4.43 Å². The minimum Gasteiger partial charge on any atom is -0.511 e. The van der Waals surface area contributed by atoms with Gasteiger partial charge in [-0.3, -0.25) is 4.46 Å². The molecule has 0 aliphatic carbocycles. The summed E-state index contributed by atoms with van der Waals surface area (Å²) in [5.74, 6) is 0.196. The molecule has 0 spiro atoms. The quantitative estimate of drug-likeness (QED) is 0.656. The van der Waals surface area contributed by atoms with Crippen LogP contribution < -0.4 is 4.43 Å². The Balaban J connectivity index is 0.000000671. The molecule has 1 aromatic rings. The lowest BCUT2D eigenvalue weighted by molar-refractivity contribution is -0.0979. The van der Waals surface area contributed by atoms with Crippen LogP contribution in [0.2, 0.25) is 0 Å². The van der Waals surface area contributed by atoms with Gasteiger partial charge in [0.1, 0.15) is 18.3 Å². The Morgan fingerprint density at radius 3 is 2.46 bits per heavy atom. The molecular weight excluding hydrogens is 192 g/mol. The third-order valence-electron chi connectivity index (χ3n) is 1.02. The molecule has 1 aromatic carbocycles. The zero-order valence-corrected chi connectivity index (χ0v) is 7.64. The lowest BCUT2D eigenvalue weighted by atomic mass is 10.3. The fourth-order valence-corrected chi connectivity index (χ4v) is 0.976. The van der Waals surface area contributed by atoms with Crippen molar-refractivity contribution in [3.63, 3.8) is 0 Å². The molecule has 0 saturated heterocycles. The third-order valence-corrected chi connectivity index (χ3v) is 1.43. The Hall–Kier alpha value is -1.69. The van der Waals surface area contributed by atoms with Crippen molar-refractivity contribution in [2.45, 2.75) is 0 Å². The maximum absolute atomic E-state index is 10.2. The first-order valence-electron chi connectivity index (χ1n) is 3.17. The smallest absolute Gasteiger partial charge is 0.511 e. The molecule has 0 amide bonds. The SMILES string of the molecule is C=O.O=[Si](O)Oc1cccc(O)c1. The standard InChI is InChI=1S/C6H6O4Si.CH2O/c7-5-2-1-3-6(4-5)10-11(8)9;1-2/h1-4,7-8H;1H2. The minimum atomic E-state index is -2.96. The molecule has 1 rings (SSSR count). The number of carbonyl (C=O) groups excluding carboxylic acids is 1. The lowest BCUT2D eigenvalue weighted by Gasteiger charge is -1.98. The lowest BCUT2D eigenvalue weighted by Crippen LogP contribution is -2.08. The second-order valence-corrected chi connectivity index (χ2v) is 2.60. The van der Waals surface area contributed by atoms with Crippen molar-refractivity contribution in [3.05, 3.63) is 24.3 Å². The fraction of sp³-hybridized carbons (Fsp3) is 0. The largest absolute Gasteiger partial charge is 0.770 e. The Morgan fingerprint density at radius 2 is 2.00 bits per heavy atom. The number of phenolic OH excluding ortho intramolecular Hbond substituents is 1. The van der Waals surface area contributed by atoms with Crippen LogP contribution in [0.5, 0.6) is 11.5 Å². The summed E-state index contributed by atoms with van der Waals surface area (Å²) in [6, 6.07) is 5.72. The van der Waals surface area contributed by atoms with E-state index in [0.717, 1.165) is 0 Å². The maximum atomic E-state index is 10.2. The predicted molar refractivity (Wildman–Crippen MR) is 44.5 cm³/mol. The molecule has 2 N–H and O–H groups in total. The second kappa shape index (κ2) is 5.89. The van der Waals surface area contributed by atoms with Gasteiger partial charge in [-0.2, -0.15) is 0 Å². The van der Waals surface area contributed by atoms with Gasteiger partial charge < -0.3 is 19.1 Å². The number of aromatic hydroxyl groups is 1. The zero-order chi connectivity index (χ0) is 10.3. The molecule has 0 unspecified atom stereocenters. The maximum Gasteiger partial charge on any atom is 0.770 e. The van der Waals surface area contributed by atoms with Gasteiger partial charge in [-0.15, -0.1) is 0 Å². The highest BCUT2D eigenvalue weighted by molar-refractivity contribution is 6.25. The Kier molecular flexibility index (Phi) is 5.13. The fourth-order valence-electron chi connectivity index (χ4n) is 0.648. The van der Waals surface area contributed by atoms with E-state index in [0.29, 0.717) is 0 Å².